The van der Waals surface area contributed by atoms with Crippen LogP contribution < -0.4 is 0 Å². The van der Waals surface area contributed by atoms with E-state index in [9.17, 15) is 4.79 Å². The number of hydrogen-bond donors (Lipinski definition) is 1. The summed E-state index contributed by atoms with van der Waals surface area (Å²) in [7, 11) is 0. The Labute approximate surface area is 151 Å². The number of carboxylic acid groups (broad SMARTS) is 1. The molecule has 2 nitrogen and oxygen atoms in total. The molecular formula is C22H44O2. The highest BCUT2D eigenvalue weighted by Gasteiger charge is 2.10. The zero-order valence-corrected chi connectivity index (χ0v) is 16.8. The summed E-state index contributed by atoms with van der Waals surface area (Å²) in [5, 5.41) is 8.62. The largest absolute Gasteiger partial charge is 0.481 e. The van der Waals surface area contributed by atoms with Gasteiger partial charge in [0.05, 0.1) is 0 Å². The molecule has 0 aromatic rings. The lowest BCUT2D eigenvalue weighted by molar-refractivity contribution is -0.137. The highest BCUT2D eigenvalue weighted by molar-refractivity contribution is 5.66. The molecule has 0 aromatic heterocycles. The lowest BCUT2D eigenvalue weighted by Gasteiger charge is -2.19. The van der Waals surface area contributed by atoms with Crippen LogP contribution in [0, 0.1) is 11.8 Å². The molecule has 0 heterocycles. The Balaban J connectivity index is 3.62. The maximum Gasteiger partial charge on any atom is 0.303 e. The van der Waals surface area contributed by atoms with E-state index in [1.807, 2.05) is 0 Å². The second-order valence-corrected chi connectivity index (χ2v) is 8.11. The second kappa shape index (κ2) is 17.3. The van der Waals surface area contributed by atoms with E-state index >= 15 is 0 Å². The average Bonchev–Trinajstić information content (AvgIpc) is 2.52. The highest BCUT2D eigenvalue weighted by atomic mass is 16.4. The molecule has 1 unspecified atom stereocenters. The van der Waals surface area contributed by atoms with Crippen molar-refractivity contribution in [1.29, 1.82) is 0 Å². The summed E-state index contributed by atoms with van der Waals surface area (Å²) < 4.78 is 0. The third-order valence-corrected chi connectivity index (χ3v) is 5.02. The van der Waals surface area contributed by atoms with Crippen molar-refractivity contribution in [1.82, 2.24) is 0 Å². The molecule has 0 radical (unpaired) electrons. The van der Waals surface area contributed by atoms with Gasteiger partial charge in [0.2, 0.25) is 0 Å². The predicted molar refractivity (Wildman–Crippen MR) is 106 cm³/mol. The first-order chi connectivity index (χ1) is 11.6. The fourth-order valence-electron chi connectivity index (χ4n) is 3.68. The van der Waals surface area contributed by atoms with Crippen LogP contribution in [0.4, 0.5) is 0 Å². The van der Waals surface area contributed by atoms with Gasteiger partial charge in [0.1, 0.15) is 0 Å². The predicted octanol–water partition coefficient (Wildman–Crippen LogP) is 7.60. The molecule has 0 saturated heterocycles. The number of carboxylic acids is 1. The minimum Gasteiger partial charge on any atom is -0.481 e. The van der Waals surface area contributed by atoms with Gasteiger partial charge in [0.25, 0.3) is 0 Å². The second-order valence-electron chi connectivity index (χ2n) is 8.11. The van der Waals surface area contributed by atoms with Gasteiger partial charge < -0.3 is 5.11 Å². The molecule has 0 saturated carbocycles. The average molecular weight is 341 g/mol. The summed E-state index contributed by atoms with van der Waals surface area (Å²) in [6, 6.07) is 0. The molecule has 24 heavy (non-hydrogen) atoms. The SMILES string of the molecule is CCCCCCCCC(CCCCCCCCC(=O)O)CC(C)C. The first-order valence-corrected chi connectivity index (χ1v) is 10.8. The molecule has 0 aliphatic heterocycles. The first-order valence-electron chi connectivity index (χ1n) is 10.8. The summed E-state index contributed by atoms with van der Waals surface area (Å²) in [4.78, 5) is 10.5. The van der Waals surface area contributed by atoms with E-state index in [2.05, 4.69) is 20.8 Å². The van der Waals surface area contributed by atoms with Crippen LogP contribution in [0.15, 0.2) is 0 Å². The fourth-order valence-corrected chi connectivity index (χ4v) is 3.68. The molecule has 1 N–H and O–H groups in total. The topological polar surface area (TPSA) is 37.3 Å². The smallest absolute Gasteiger partial charge is 0.303 e. The van der Waals surface area contributed by atoms with Crippen LogP contribution in [-0.4, -0.2) is 11.1 Å². The lowest BCUT2D eigenvalue weighted by atomic mass is 9.87. The maximum absolute atomic E-state index is 10.5. The van der Waals surface area contributed by atoms with Crippen LogP contribution in [-0.2, 0) is 4.79 Å². The molecule has 1 atom stereocenters. The Hall–Kier alpha value is -0.530. The third kappa shape index (κ3) is 17.8. The van der Waals surface area contributed by atoms with E-state index in [0.29, 0.717) is 6.42 Å². The van der Waals surface area contributed by atoms with E-state index < -0.39 is 5.97 Å². The van der Waals surface area contributed by atoms with Gasteiger partial charge in [-0.05, 0) is 24.7 Å². The van der Waals surface area contributed by atoms with E-state index in [-0.39, 0.29) is 0 Å². The summed E-state index contributed by atoms with van der Waals surface area (Å²) in [5.41, 5.74) is 0. The van der Waals surface area contributed by atoms with E-state index in [0.717, 1.165) is 24.7 Å². The normalized spacial score (nSPS) is 12.7. The highest BCUT2D eigenvalue weighted by Crippen LogP contribution is 2.25. The molecular weight excluding hydrogens is 296 g/mol. The molecule has 0 amide bonds. The summed E-state index contributed by atoms with van der Waals surface area (Å²) in [5.74, 6) is 1.11. The van der Waals surface area contributed by atoms with Crippen LogP contribution in [0.5, 0.6) is 0 Å². The first kappa shape index (κ1) is 23.5. The number of hydrogen-bond acceptors (Lipinski definition) is 1. The standard InChI is InChI=1S/C22H44O2/c1-4-5-6-7-10-13-16-21(19-20(2)3)17-14-11-8-9-12-15-18-22(23)24/h20-21H,4-19H2,1-3H3,(H,23,24). The molecule has 0 aliphatic rings. The van der Waals surface area contributed by atoms with Crippen molar-refractivity contribution in [2.45, 2.75) is 124 Å². The van der Waals surface area contributed by atoms with Gasteiger partial charge in [-0.25, -0.2) is 0 Å². The van der Waals surface area contributed by atoms with Crippen molar-refractivity contribution in [3.8, 4) is 0 Å². The van der Waals surface area contributed by atoms with E-state index in [1.165, 1.54) is 83.5 Å². The molecule has 0 spiro atoms. The van der Waals surface area contributed by atoms with Gasteiger partial charge in [-0.15, -0.1) is 0 Å². The van der Waals surface area contributed by atoms with Gasteiger partial charge in [0.15, 0.2) is 0 Å². The molecule has 144 valence electrons. The summed E-state index contributed by atoms with van der Waals surface area (Å²) in [6.07, 6.45) is 20.2. The Morgan fingerprint density at radius 1 is 0.750 bits per heavy atom. The molecule has 0 aliphatic carbocycles. The Kier molecular flexibility index (Phi) is 16.9. The van der Waals surface area contributed by atoms with Gasteiger partial charge in [-0.3, -0.25) is 4.79 Å². The van der Waals surface area contributed by atoms with Gasteiger partial charge in [-0.2, -0.15) is 0 Å². The molecule has 2 heteroatoms. The maximum atomic E-state index is 10.5. The van der Waals surface area contributed by atoms with Crippen LogP contribution in [0.2, 0.25) is 0 Å². The van der Waals surface area contributed by atoms with E-state index in [1.54, 1.807) is 0 Å². The van der Waals surface area contributed by atoms with Crippen LogP contribution in [0.25, 0.3) is 0 Å². The Morgan fingerprint density at radius 2 is 1.21 bits per heavy atom. The minimum atomic E-state index is -0.652. The van der Waals surface area contributed by atoms with Crippen molar-refractivity contribution in [3.63, 3.8) is 0 Å². The molecule has 0 rings (SSSR count). The minimum absolute atomic E-state index is 0.342. The van der Waals surface area contributed by atoms with Crippen LogP contribution in [0.1, 0.15) is 124 Å². The summed E-state index contributed by atoms with van der Waals surface area (Å²) >= 11 is 0. The fraction of sp³-hybridized carbons (Fsp3) is 0.955. The van der Waals surface area contributed by atoms with Crippen molar-refractivity contribution in [2.24, 2.45) is 11.8 Å². The van der Waals surface area contributed by atoms with Crippen molar-refractivity contribution in [2.75, 3.05) is 0 Å². The molecule has 0 fully saturated rings. The lowest BCUT2D eigenvalue weighted by Crippen LogP contribution is -2.05. The van der Waals surface area contributed by atoms with Crippen LogP contribution >= 0.6 is 0 Å². The van der Waals surface area contributed by atoms with Crippen LogP contribution in [0.3, 0.4) is 0 Å². The number of aliphatic carboxylic acids is 1. The van der Waals surface area contributed by atoms with E-state index in [4.69, 9.17) is 5.11 Å². The van der Waals surface area contributed by atoms with Gasteiger partial charge >= 0.3 is 5.97 Å². The molecule has 0 bridgehead atoms. The van der Waals surface area contributed by atoms with Crippen molar-refractivity contribution in [3.05, 3.63) is 0 Å². The monoisotopic (exact) mass is 340 g/mol. The number of rotatable bonds is 18. The number of unbranched alkanes of at least 4 members (excludes halogenated alkanes) is 10. The van der Waals surface area contributed by atoms with Crippen molar-refractivity contribution < 1.29 is 9.90 Å². The Morgan fingerprint density at radius 3 is 1.67 bits per heavy atom. The third-order valence-electron chi connectivity index (χ3n) is 5.02. The zero-order valence-electron chi connectivity index (χ0n) is 16.8. The van der Waals surface area contributed by atoms with Crippen molar-refractivity contribution >= 4 is 5.97 Å². The van der Waals surface area contributed by atoms with Gasteiger partial charge in [-0.1, -0.05) is 104 Å². The van der Waals surface area contributed by atoms with Gasteiger partial charge in [0, 0.05) is 6.42 Å². The quantitative estimate of drug-likeness (QED) is 0.261. The number of carbonyl (C=O) groups is 1. The zero-order chi connectivity index (χ0) is 18.0. The molecule has 0 aromatic carbocycles. The summed E-state index contributed by atoms with van der Waals surface area (Å²) in [6.45, 7) is 7.00. The Bertz CT molecular complexity index is 273.